The number of ether oxygens (including phenoxy) is 1. The maximum absolute atomic E-state index is 11.6. The van der Waals surface area contributed by atoms with Crippen molar-refractivity contribution in [3.05, 3.63) is 0 Å². The molecule has 1 aliphatic carbocycles. The molecule has 0 heterocycles. The Labute approximate surface area is 92.6 Å². The first-order valence-electron chi connectivity index (χ1n) is 5.88. The highest BCUT2D eigenvalue weighted by atomic mass is 16.5. The Morgan fingerprint density at radius 1 is 1.40 bits per heavy atom. The third-order valence-electron chi connectivity index (χ3n) is 2.65. The van der Waals surface area contributed by atoms with Gasteiger partial charge in [-0.3, -0.25) is 4.79 Å². The molecule has 88 valence electrons. The molecule has 1 amide bonds. The molecule has 1 aliphatic rings. The summed E-state index contributed by atoms with van der Waals surface area (Å²) < 4.78 is 5.47. The van der Waals surface area contributed by atoms with Crippen molar-refractivity contribution in [1.82, 2.24) is 5.32 Å². The molecular formula is C12H23NO2. The zero-order chi connectivity index (χ0) is 11.4. The number of carbonyl (C=O) groups excluding carboxylic acids is 1. The summed E-state index contributed by atoms with van der Waals surface area (Å²) in [6.07, 6.45) is 1.05. The van der Waals surface area contributed by atoms with Gasteiger partial charge in [-0.1, -0.05) is 20.8 Å². The van der Waals surface area contributed by atoms with Gasteiger partial charge in [-0.2, -0.15) is 0 Å². The van der Waals surface area contributed by atoms with Gasteiger partial charge in [0.2, 0.25) is 5.91 Å². The van der Waals surface area contributed by atoms with Crippen LogP contribution in [0.2, 0.25) is 0 Å². The van der Waals surface area contributed by atoms with E-state index in [0.29, 0.717) is 18.4 Å². The van der Waals surface area contributed by atoms with Crippen molar-refractivity contribution in [1.29, 1.82) is 0 Å². The fourth-order valence-electron chi connectivity index (χ4n) is 1.56. The van der Waals surface area contributed by atoms with E-state index in [-0.39, 0.29) is 17.9 Å². The highest BCUT2D eigenvalue weighted by Gasteiger charge is 2.39. The smallest absolute Gasteiger partial charge is 0.223 e. The monoisotopic (exact) mass is 213 g/mol. The Hall–Kier alpha value is -0.570. The lowest BCUT2D eigenvalue weighted by molar-refractivity contribution is -0.123. The van der Waals surface area contributed by atoms with Crippen LogP contribution in [0.25, 0.3) is 0 Å². The summed E-state index contributed by atoms with van der Waals surface area (Å²) in [6.45, 7) is 9.73. The molecule has 1 rings (SSSR count). The van der Waals surface area contributed by atoms with Gasteiger partial charge in [0.1, 0.15) is 0 Å². The summed E-state index contributed by atoms with van der Waals surface area (Å²) >= 11 is 0. The van der Waals surface area contributed by atoms with Gasteiger partial charge >= 0.3 is 0 Å². The third kappa shape index (κ3) is 4.65. The molecule has 3 atom stereocenters. The molecule has 0 aromatic heterocycles. The van der Waals surface area contributed by atoms with E-state index in [1.54, 1.807) is 0 Å². The van der Waals surface area contributed by atoms with Crippen molar-refractivity contribution >= 4 is 5.91 Å². The number of hydrogen-bond donors (Lipinski definition) is 1. The number of hydrogen-bond acceptors (Lipinski definition) is 2. The molecule has 0 spiro atoms. The Balaban J connectivity index is 2.07. The Morgan fingerprint density at radius 3 is 2.47 bits per heavy atom. The standard InChI is InChI=1S/C12H23NO2/c1-8(2)6-15-7-10(4)13-12(14)11-5-9(11)3/h8-11H,5-7H2,1-4H3,(H,13,14)/t9-,10-,11-/m0/s1. The average molecular weight is 213 g/mol. The van der Waals surface area contributed by atoms with Crippen molar-refractivity contribution in [2.75, 3.05) is 13.2 Å². The van der Waals surface area contributed by atoms with Gasteiger partial charge in [0.15, 0.2) is 0 Å². The summed E-state index contributed by atoms with van der Waals surface area (Å²) in [4.78, 5) is 11.6. The first kappa shape index (κ1) is 12.5. The van der Waals surface area contributed by atoms with Gasteiger partial charge in [-0.05, 0) is 25.2 Å². The summed E-state index contributed by atoms with van der Waals surface area (Å²) in [5, 5.41) is 2.98. The molecule has 0 radical (unpaired) electrons. The first-order chi connectivity index (χ1) is 7.00. The summed E-state index contributed by atoms with van der Waals surface area (Å²) in [5.41, 5.74) is 0. The van der Waals surface area contributed by atoms with E-state index in [1.807, 2.05) is 6.92 Å². The van der Waals surface area contributed by atoms with Gasteiger partial charge < -0.3 is 10.1 Å². The van der Waals surface area contributed by atoms with E-state index in [1.165, 1.54) is 0 Å². The van der Waals surface area contributed by atoms with Crippen LogP contribution >= 0.6 is 0 Å². The quantitative estimate of drug-likeness (QED) is 0.731. The predicted molar refractivity (Wildman–Crippen MR) is 60.5 cm³/mol. The van der Waals surface area contributed by atoms with Crippen LogP contribution in [0.3, 0.4) is 0 Å². The lowest BCUT2D eigenvalue weighted by Crippen LogP contribution is -2.37. The van der Waals surface area contributed by atoms with Gasteiger partial charge in [0.05, 0.1) is 6.61 Å². The fraction of sp³-hybridized carbons (Fsp3) is 0.917. The molecular weight excluding hydrogens is 190 g/mol. The lowest BCUT2D eigenvalue weighted by Gasteiger charge is -2.15. The fourth-order valence-corrected chi connectivity index (χ4v) is 1.56. The molecule has 1 N–H and O–H groups in total. The van der Waals surface area contributed by atoms with E-state index in [9.17, 15) is 4.79 Å². The molecule has 0 bridgehead atoms. The topological polar surface area (TPSA) is 38.3 Å². The van der Waals surface area contributed by atoms with Gasteiger partial charge in [0, 0.05) is 18.6 Å². The van der Waals surface area contributed by atoms with Gasteiger partial charge in [0.25, 0.3) is 0 Å². The van der Waals surface area contributed by atoms with E-state index >= 15 is 0 Å². The normalized spacial score (nSPS) is 26.5. The SMILES string of the molecule is CC(C)COC[C@H](C)NC(=O)[C@H]1C[C@@H]1C. The summed E-state index contributed by atoms with van der Waals surface area (Å²) in [5.74, 6) is 1.59. The summed E-state index contributed by atoms with van der Waals surface area (Å²) in [7, 11) is 0. The molecule has 3 nitrogen and oxygen atoms in total. The second kappa shape index (κ2) is 5.50. The number of carbonyl (C=O) groups is 1. The molecule has 1 fully saturated rings. The average Bonchev–Trinajstić information content (AvgIpc) is 2.81. The van der Waals surface area contributed by atoms with Crippen molar-refractivity contribution in [3.8, 4) is 0 Å². The number of rotatable bonds is 6. The van der Waals surface area contributed by atoms with Crippen LogP contribution < -0.4 is 5.32 Å². The van der Waals surface area contributed by atoms with Crippen LogP contribution in [0.15, 0.2) is 0 Å². The van der Waals surface area contributed by atoms with Crippen molar-refractivity contribution in [3.63, 3.8) is 0 Å². The molecule has 0 saturated heterocycles. The second-order valence-electron chi connectivity index (χ2n) is 5.16. The molecule has 0 aliphatic heterocycles. The second-order valence-corrected chi connectivity index (χ2v) is 5.16. The highest BCUT2D eigenvalue weighted by Crippen LogP contribution is 2.37. The van der Waals surface area contributed by atoms with Crippen molar-refractivity contribution in [2.45, 2.75) is 40.2 Å². The third-order valence-corrected chi connectivity index (χ3v) is 2.65. The van der Waals surface area contributed by atoms with E-state index < -0.39 is 0 Å². The minimum absolute atomic E-state index is 0.129. The first-order valence-corrected chi connectivity index (χ1v) is 5.88. The van der Waals surface area contributed by atoms with Gasteiger partial charge in [-0.15, -0.1) is 0 Å². The predicted octanol–water partition coefficient (Wildman–Crippen LogP) is 1.82. The zero-order valence-electron chi connectivity index (χ0n) is 10.2. The Bertz CT molecular complexity index is 216. The van der Waals surface area contributed by atoms with Crippen LogP contribution in [0.1, 0.15) is 34.1 Å². The molecule has 15 heavy (non-hydrogen) atoms. The zero-order valence-corrected chi connectivity index (χ0v) is 10.2. The highest BCUT2D eigenvalue weighted by molar-refractivity contribution is 5.81. The lowest BCUT2D eigenvalue weighted by atomic mass is 10.2. The van der Waals surface area contributed by atoms with Crippen LogP contribution in [-0.2, 0) is 9.53 Å². The number of amides is 1. The minimum Gasteiger partial charge on any atom is -0.379 e. The molecule has 0 aromatic carbocycles. The maximum Gasteiger partial charge on any atom is 0.223 e. The molecule has 3 heteroatoms. The van der Waals surface area contributed by atoms with Crippen molar-refractivity contribution < 1.29 is 9.53 Å². The Morgan fingerprint density at radius 2 is 2.00 bits per heavy atom. The number of nitrogens with one attached hydrogen (secondary N) is 1. The van der Waals surface area contributed by atoms with Crippen LogP contribution in [0, 0.1) is 17.8 Å². The van der Waals surface area contributed by atoms with Crippen LogP contribution in [-0.4, -0.2) is 25.2 Å². The van der Waals surface area contributed by atoms with Crippen molar-refractivity contribution in [2.24, 2.45) is 17.8 Å². The van der Waals surface area contributed by atoms with E-state index in [4.69, 9.17) is 4.74 Å². The van der Waals surface area contributed by atoms with E-state index in [2.05, 4.69) is 26.1 Å². The van der Waals surface area contributed by atoms with Crippen LogP contribution in [0.5, 0.6) is 0 Å². The van der Waals surface area contributed by atoms with E-state index in [0.717, 1.165) is 13.0 Å². The van der Waals surface area contributed by atoms with Gasteiger partial charge in [-0.25, -0.2) is 0 Å². The maximum atomic E-state index is 11.6. The largest absolute Gasteiger partial charge is 0.379 e. The molecule has 0 unspecified atom stereocenters. The molecule has 0 aromatic rings. The molecule has 1 saturated carbocycles. The minimum atomic E-state index is 0.129. The Kier molecular flexibility index (Phi) is 4.58. The summed E-state index contributed by atoms with van der Waals surface area (Å²) in [6, 6.07) is 0.129. The van der Waals surface area contributed by atoms with Crippen LogP contribution in [0.4, 0.5) is 0 Å².